The zero-order valence-corrected chi connectivity index (χ0v) is 14.3. The molecule has 1 atom stereocenters. The molecule has 0 amide bonds. The first-order valence-corrected chi connectivity index (χ1v) is 8.30. The molecule has 0 bridgehead atoms. The van der Waals surface area contributed by atoms with Gasteiger partial charge in [0.1, 0.15) is 17.3 Å². The molecular weight excluding hydrogens is 336 g/mol. The number of pyridine rings is 1. The zero-order chi connectivity index (χ0) is 17.6. The van der Waals surface area contributed by atoms with Crippen LogP contribution >= 0.6 is 11.8 Å². The summed E-state index contributed by atoms with van der Waals surface area (Å²) in [5, 5.41) is 19.9. The van der Waals surface area contributed by atoms with Crippen molar-refractivity contribution < 1.29 is 29.2 Å². The van der Waals surface area contributed by atoms with E-state index in [1.807, 2.05) is 0 Å². The van der Waals surface area contributed by atoms with Gasteiger partial charge >= 0.3 is 5.97 Å². The first-order chi connectivity index (χ1) is 11.5. The van der Waals surface area contributed by atoms with E-state index in [-0.39, 0.29) is 29.6 Å². The number of aliphatic carboxylic acids is 1. The highest BCUT2D eigenvalue weighted by atomic mass is 32.2. The van der Waals surface area contributed by atoms with Gasteiger partial charge in [0.05, 0.1) is 19.8 Å². The second kappa shape index (κ2) is 8.32. The molecular formula is C15H20N2O6S. The molecule has 24 heavy (non-hydrogen) atoms. The van der Waals surface area contributed by atoms with Crippen LogP contribution in [0.2, 0.25) is 0 Å². The Hall–Kier alpha value is -1.84. The normalized spacial score (nSPS) is 20.0. The number of carboxylic acid groups (broad SMARTS) is 1. The highest BCUT2D eigenvalue weighted by molar-refractivity contribution is 8.14. The summed E-state index contributed by atoms with van der Waals surface area (Å²) in [4.78, 5) is 19.5. The highest BCUT2D eigenvalue weighted by Crippen LogP contribution is 2.36. The summed E-state index contributed by atoms with van der Waals surface area (Å²) in [5.74, 6) is -0.625. The number of hydrogen-bond donors (Lipinski definition) is 2. The highest BCUT2D eigenvalue weighted by Gasteiger charge is 2.39. The average molecular weight is 356 g/mol. The lowest BCUT2D eigenvalue weighted by Crippen LogP contribution is -2.33. The van der Waals surface area contributed by atoms with E-state index in [1.165, 1.54) is 30.9 Å². The van der Waals surface area contributed by atoms with E-state index in [4.69, 9.17) is 14.2 Å². The molecule has 2 rings (SSSR count). The fourth-order valence-electron chi connectivity index (χ4n) is 1.89. The number of carbonyl (C=O) groups is 1. The van der Waals surface area contributed by atoms with Gasteiger partial charge in [-0.25, -0.2) is 9.78 Å². The number of nitrogens with zero attached hydrogens (tertiary/aromatic N) is 2. The van der Waals surface area contributed by atoms with Crippen LogP contribution in [0.3, 0.4) is 0 Å². The third-order valence-corrected chi connectivity index (χ3v) is 4.57. The van der Waals surface area contributed by atoms with Crippen molar-refractivity contribution >= 4 is 22.8 Å². The maximum Gasteiger partial charge on any atom is 0.332 e. The Bertz CT molecular complexity index is 624. The van der Waals surface area contributed by atoms with Crippen LogP contribution in [0.5, 0.6) is 11.5 Å². The van der Waals surface area contributed by atoms with E-state index in [9.17, 15) is 15.0 Å². The van der Waals surface area contributed by atoms with Crippen molar-refractivity contribution in [1.82, 2.24) is 4.98 Å². The molecule has 1 aliphatic rings. The Balaban J connectivity index is 2.02. The van der Waals surface area contributed by atoms with E-state index in [2.05, 4.69) is 9.98 Å². The van der Waals surface area contributed by atoms with Gasteiger partial charge in [-0.1, -0.05) is 0 Å². The van der Waals surface area contributed by atoms with Gasteiger partial charge in [-0.2, -0.15) is 0 Å². The summed E-state index contributed by atoms with van der Waals surface area (Å²) >= 11 is 1.24. The molecule has 0 saturated heterocycles. The van der Waals surface area contributed by atoms with Crippen molar-refractivity contribution in [2.45, 2.75) is 12.5 Å². The van der Waals surface area contributed by atoms with E-state index < -0.39 is 11.5 Å². The third kappa shape index (κ3) is 4.37. The summed E-state index contributed by atoms with van der Waals surface area (Å²) < 4.78 is 15.6. The summed E-state index contributed by atoms with van der Waals surface area (Å²) in [6.45, 7) is 3.11. The van der Waals surface area contributed by atoms with E-state index in [0.29, 0.717) is 24.9 Å². The Labute approximate surface area is 143 Å². The SMILES string of the molecule is COCCOCCOc1ccnc(C2=NC(C)(C(=O)O)CS2)c1O. The Morgan fingerprint density at radius 1 is 1.38 bits per heavy atom. The van der Waals surface area contributed by atoms with Crippen molar-refractivity contribution in [2.24, 2.45) is 4.99 Å². The molecule has 0 saturated carbocycles. The van der Waals surface area contributed by atoms with Gasteiger partial charge in [0.15, 0.2) is 17.0 Å². The van der Waals surface area contributed by atoms with Gasteiger partial charge in [-0.05, 0) is 6.92 Å². The van der Waals surface area contributed by atoms with Crippen molar-refractivity contribution in [1.29, 1.82) is 0 Å². The van der Waals surface area contributed by atoms with Crippen LogP contribution in [0.25, 0.3) is 0 Å². The lowest BCUT2D eigenvalue weighted by Gasteiger charge is -2.12. The Morgan fingerprint density at radius 2 is 2.12 bits per heavy atom. The van der Waals surface area contributed by atoms with Crippen molar-refractivity contribution in [3.63, 3.8) is 0 Å². The molecule has 9 heteroatoms. The molecule has 132 valence electrons. The minimum Gasteiger partial charge on any atom is -0.503 e. The number of thioether (sulfide) groups is 1. The van der Waals surface area contributed by atoms with E-state index in [0.717, 1.165) is 0 Å². The summed E-state index contributed by atoms with van der Waals surface area (Å²) in [5.41, 5.74) is -0.983. The van der Waals surface area contributed by atoms with Gasteiger partial charge in [0.25, 0.3) is 0 Å². The van der Waals surface area contributed by atoms with Crippen LogP contribution in [0.1, 0.15) is 12.6 Å². The molecule has 8 nitrogen and oxygen atoms in total. The standard InChI is InChI=1S/C15H20N2O6S/c1-15(14(19)20)9-24-13(17-15)11-12(18)10(3-4-16-11)23-8-7-22-6-5-21-2/h3-4,18H,5-9H2,1-2H3,(H,19,20). The van der Waals surface area contributed by atoms with Crippen LogP contribution in [0, 0.1) is 0 Å². The van der Waals surface area contributed by atoms with Crippen LogP contribution in [-0.4, -0.2) is 71.0 Å². The molecule has 1 aromatic rings. The number of aromatic hydroxyl groups is 1. The Morgan fingerprint density at radius 3 is 2.79 bits per heavy atom. The first-order valence-electron chi connectivity index (χ1n) is 7.32. The number of hydrogen-bond acceptors (Lipinski definition) is 8. The summed E-state index contributed by atoms with van der Waals surface area (Å²) in [6.07, 6.45) is 1.48. The second-order valence-corrected chi connectivity index (χ2v) is 6.21. The second-order valence-electron chi connectivity index (χ2n) is 5.24. The fraction of sp³-hybridized carbons (Fsp3) is 0.533. The largest absolute Gasteiger partial charge is 0.503 e. The maximum atomic E-state index is 11.3. The number of ether oxygens (including phenoxy) is 3. The molecule has 1 aliphatic heterocycles. The fourth-order valence-corrected chi connectivity index (χ4v) is 3.05. The lowest BCUT2D eigenvalue weighted by atomic mass is 10.1. The maximum absolute atomic E-state index is 11.3. The quantitative estimate of drug-likeness (QED) is 0.634. The van der Waals surface area contributed by atoms with Gasteiger partial charge in [-0.3, -0.25) is 4.99 Å². The van der Waals surface area contributed by atoms with Crippen LogP contribution in [0.15, 0.2) is 17.3 Å². The van der Waals surface area contributed by atoms with Crippen LogP contribution < -0.4 is 4.74 Å². The predicted octanol–water partition coefficient (Wildman–Crippen LogP) is 1.17. The minimum atomic E-state index is -1.21. The monoisotopic (exact) mass is 356 g/mol. The predicted molar refractivity (Wildman–Crippen MR) is 89.1 cm³/mol. The molecule has 0 radical (unpaired) electrons. The Kier molecular flexibility index (Phi) is 6.41. The van der Waals surface area contributed by atoms with Crippen molar-refractivity contribution in [3.05, 3.63) is 18.0 Å². The van der Waals surface area contributed by atoms with Gasteiger partial charge in [0.2, 0.25) is 0 Å². The lowest BCUT2D eigenvalue weighted by molar-refractivity contribution is -0.141. The van der Waals surface area contributed by atoms with E-state index >= 15 is 0 Å². The number of aliphatic imine (C=N–C) groups is 1. The molecule has 2 heterocycles. The number of rotatable bonds is 9. The zero-order valence-electron chi connectivity index (χ0n) is 13.5. The summed E-state index contributed by atoms with van der Waals surface area (Å²) in [7, 11) is 1.59. The molecule has 0 fully saturated rings. The topological polar surface area (TPSA) is 110 Å². The molecule has 1 unspecified atom stereocenters. The van der Waals surface area contributed by atoms with Crippen molar-refractivity contribution in [3.8, 4) is 11.5 Å². The number of methoxy groups -OCH3 is 1. The van der Waals surface area contributed by atoms with Gasteiger partial charge < -0.3 is 24.4 Å². The summed E-state index contributed by atoms with van der Waals surface area (Å²) in [6, 6.07) is 1.53. The molecule has 0 aromatic carbocycles. The number of carboxylic acids is 1. The molecule has 2 N–H and O–H groups in total. The smallest absolute Gasteiger partial charge is 0.332 e. The molecule has 0 aliphatic carbocycles. The molecule has 0 spiro atoms. The van der Waals surface area contributed by atoms with Crippen LogP contribution in [0.4, 0.5) is 0 Å². The third-order valence-electron chi connectivity index (χ3n) is 3.31. The first kappa shape index (κ1) is 18.5. The minimum absolute atomic E-state index is 0.157. The number of aromatic nitrogens is 1. The molecule has 1 aromatic heterocycles. The average Bonchev–Trinajstić information content (AvgIpc) is 2.96. The van der Waals surface area contributed by atoms with Gasteiger partial charge in [-0.15, -0.1) is 11.8 Å². The van der Waals surface area contributed by atoms with Crippen LogP contribution in [-0.2, 0) is 14.3 Å². The van der Waals surface area contributed by atoms with E-state index in [1.54, 1.807) is 7.11 Å². The van der Waals surface area contributed by atoms with Gasteiger partial charge in [0, 0.05) is 25.1 Å². The van der Waals surface area contributed by atoms with Crippen molar-refractivity contribution in [2.75, 3.05) is 39.3 Å².